The van der Waals surface area contributed by atoms with E-state index in [0.717, 1.165) is 5.56 Å². The Kier molecular flexibility index (Phi) is 4.95. The van der Waals surface area contributed by atoms with E-state index < -0.39 is 12.0 Å². The number of benzene rings is 1. The fraction of sp³-hybridized carbons (Fsp3) is 0.417. The molecular weight excluding hydrogens is 204 g/mol. The van der Waals surface area contributed by atoms with Gasteiger partial charge in [0.1, 0.15) is 6.04 Å². The van der Waals surface area contributed by atoms with E-state index in [0.29, 0.717) is 6.54 Å². The van der Waals surface area contributed by atoms with Crippen molar-refractivity contribution in [1.29, 1.82) is 0 Å². The van der Waals surface area contributed by atoms with E-state index in [4.69, 9.17) is 5.11 Å². The number of hydrogen-bond acceptors (Lipinski definition) is 3. The predicted molar refractivity (Wildman–Crippen MR) is 63.3 cm³/mol. The van der Waals surface area contributed by atoms with Crippen molar-refractivity contribution >= 4 is 5.97 Å². The zero-order valence-electron chi connectivity index (χ0n) is 9.60. The molecule has 0 aliphatic rings. The van der Waals surface area contributed by atoms with Crippen LogP contribution < -0.4 is 10.6 Å². The summed E-state index contributed by atoms with van der Waals surface area (Å²) in [5.74, 6) is -0.838. The smallest absolute Gasteiger partial charge is 0.322 e. The van der Waals surface area contributed by atoms with Crippen molar-refractivity contribution in [2.75, 3.05) is 13.6 Å². The quantitative estimate of drug-likeness (QED) is 0.672. The lowest BCUT2D eigenvalue weighted by Gasteiger charge is -2.17. The monoisotopic (exact) mass is 222 g/mol. The van der Waals surface area contributed by atoms with Crippen LogP contribution in [-0.2, 0) is 4.79 Å². The minimum Gasteiger partial charge on any atom is -0.480 e. The third kappa shape index (κ3) is 3.64. The van der Waals surface area contributed by atoms with Crippen molar-refractivity contribution in [3.05, 3.63) is 35.9 Å². The van der Waals surface area contributed by atoms with Gasteiger partial charge in [0.05, 0.1) is 0 Å². The summed E-state index contributed by atoms with van der Waals surface area (Å²) in [6, 6.07) is 9.55. The maximum Gasteiger partial charge on any atom is 0.322 e. The number of hydrogen-bond donors (Lipinski definition) is 3. The average Bonchev–Trinajstić information content (AvgIpc) is 2.30. The first-order valence-electron chi connectivity index (χ1n) is 5.33. The van der Waals surface area contributed by atoms with Crippen LogP contribution in [0.1, 0.15) is 18.5 Å². The number of likely N-dealkylation sites (N-methyl/N-ethyl adjacent to an activating group) is 1. The van der Waals surface area contributed by atoms with E-state index in [-0.39, 0.29) is 6.04 Å². The van der Waals surface area contributed by atoms with Crippen molar-refractivity contribution in [1.82, 2.24) is 10.6 Å². The summed E-state index contributed by atoms with van der Waals surface area (Å²) in [6.07, 6.45) is 0. The fourth-order valence-electron chi connectivity index (χ4n) is 1.47. The Morgan fingerprint density at radius 2 is 2.00 bits per heavy atom. The van der Waals surface area contributed by atoms with Crippen LogP contribution in [0.3, 0.4) is 0 Å². The zero-order chi connectivity index (χ0) is 12.0. The van der Waals surface area contributed by atoms with Crippen molar-refractivity contribution in [2.24, 2.45) is 0 Å². The van der Waals surface area contributed by atoms with Gasteiger partial charge in [-0.3, -0.25) is 4.79 Å². The lowest BCUT2D eigenvalue weighted by Crippen LogP contribution is -2.43. The standard InChI is InChI=1S/C12H18N2O2/c1-9(10-6-4-3-5-7-10)14-8-11(13-2)12(15)16/h3-7,9,11,13-14H,8H2,1-2H3,(H,15,16). The molecule has 1 aromatic carbocycles. The molecule has 4 nitrogen and oxygen atoms in total. The van der Waals surface area contributed by atoms with Gasteiger partial charge in [0, 0.05) is 12.6 Å². The van der Waals surface area contributed by atoms with E-state index in [1.807, 2.05) is 37.3 Å². The summed E-state index contributed by atoms with van der Waals surface area (Å²) in [5.41, 5.74) is 1.16. The molecule has 0 aliphatic heterocycles. The Labute approximate surface area is 95.7 Å². The number of nitrogens with one attached hydrogen (secondary N) is 2. The molecule has 88 valence electrons. The molecule has 0 aromatic heterocycles. The molecule has 1 rings (SSSR count). The summed E-state index contributed by atoms with van der Waals surface area (Å²) >= 11 is 0. The van der Waals surface area contributed by atoms with Crippen LogP contribution in [0.4, 0.5) is 0 Å². The average molecular weight is 222 g/mol. The molecule has 0 aliphatic carbocycles. The lowest BCUT2D eigenvalue weighted by atomic mass is 10.1. The van der Waals surface area contributed by atoms with Crippen molar-refractivity contribution in [3.8, 4) is 0 Å². The highest BCUT2D eigenvalue weighted by molar-refractivity contribution is 5.73. The number of aliphatic carboxylic acids is 1. The topological polar surface area (TPSA) is 61.4 Å². The molecular formula is C12H18N2O2. The van der Waals surface area contributed by atoms with Gasteiger partial charge in [0.15, 0.2) is 0 Å². The van der Waals surface area contributed by atoms with Gasteiger partial charge in [-0.15, -0.1) is 0 Å². The maximum atomic E-state index is 10.8. The van der Waals surface area contributed by atoms with Crippen molar-refractivity contribution in [2.45, 2.75) is 19.0 Å². The van der Waals surface area contributed by atoms with Crippen LogP contribution in [0, 0.1) is 0 Å². The Balaban J connectivity index is 2.46. The summed E-state index contributed by atoms with van der Waals surface area (Å²) in [5, 5.41) is 14.8. The third-order valence-electron chi connectivity index (χ3n) is 2.57. The Bertz CT molecular complexity index is 327. The minimum atomic E-state index is -0.838. The van der Waals surface area contributed by atoms with E-state index in [9.17, 15) is 4.79 Å². The van der Waals surface area contributed by atoms with E-state index in [2.05, 4.69) is 10.6 Å². The molecule has 2 unspecified atom stereocenters. The van der Waals surface area contributed by atoms with Crippen molar-refractivity contribution < 1.29 is 9.90 Å². The number of carboxylic acid groups (broad SMARTS) is 1. The van der Waals surface area contributed by atoms with Crippen LogP contribution in [0.2, 0.25) is 0 Å². The molecule has 0 spiro atoms. The fourth-order valence-corrected chi connectivity index (χ4v) is 1.47. The van der Waals surface area contributed by atoms with E-state index in [1.165, 1.54) is 0 Å². The highest BCUT2D eigenvalue weighted by Crippen LogP contribution is 2.10. The second-order valence-corrected chi connectivity index (χ2v) is 3.72. The van der Waals surface area contributed by atoms with Gasteiger partial charge >= 0.3 is 5.97 Å². The molecule has 16 heavy (non-hydrogen) atoms. The Morgan fingerprint density at radius 3 is 2.50 bits per heavy atom. The number of carboxylic acids is 1. The van der Waals surface area contributed by atoms with Gasteiger partial charge in [-0.2, -0.15) is 0 Å². The second kappa shape index (κ2) is 6.25. The molecule has 4 heteroatoms. The zero-order valence-corrected chi connectivity index (χ0v) is 9.60. The lowest BCUT2D eigenvalue weighted by molar-refractivity contribution is -0.139. The van der Waals surface area contributed by atoms with Crippen molar-refractivity contribution in [3.63, 3.8) is 0 Å². The summed E-state index contributed by atoms with van der Waals surface area (Å²) in [7, 11) is 1.65. The molecule has 0 amide bonds. The number of rotatable bonds is 6. The molecule has 0 radical (unpaired) electrons. The predicted octanol–water partition coefficient (Wildman–Crippen LogP) is 1.01. The summed E-state index contributed by atoms with van der Waals surface area (Å²) in [4.78, 5) is 10.8. The number of carbonyl (C=O) groups is 1. The van der Waals surface area contributed by atoms with E-state index >= 15 is 0 Å². The van der Waals surface area contributed by atoms with Crippen LogP contribution in [0.25, 0.3) is 0 Å². The Hall–Kier alpha value is -1.39. The van der Waals surface area contributed by atoms with Gasteiger partial charge in [-0.05, 0) is 19.5 Å². The first-order valence-corrected chi connectivity index (χ1v) is 5.33. The molecule has 3 N–H and O–H groups in total. The van der Waals surface area contributed by atoms with Gasteiger partial charge in [0.25, 0.3) is 0 Å². The van der Waals surface area contributed by atoms with E-state index in [1.54, 1.807) is 7.05 Å². The van der Waals surface area contributed by atoms with Crippen LogP contribution in [0.15, 0.2) is 30.3 Å². The minimum absolute atomic E-state index is 0.149. The summed E-state index contributed by atoms with van der Waals surface area (Å²) < 4.78 is 0. The van der Waals surface area contributed by atoms with Crippen LogP contribution in [-0.4, -0.2) is 30.7 Å². The highest BCUT2D eigenvalue weighted by atomic mass is 16.4. The maximum absolute atomic E-state index is 10.8. The molecule has 0 bridgehead atoms. The second-order valence-electron chi connectivity index (χ2n) is 3.72. The summed E-state index contributed by atoms with van der Waals surface area (Å²) in [6.45, 7) is 2.42. The van der Waals surface area contributed by atoms with Gasteiger partial charge in [-0.25, -0.2) is 0 Å². The first-order chi connectivity index (χ1) is 7.65. The normalized spacial score (nSPS) is 14.4. The molecule has 0 saturated heterocycles. The molecule has 0 heterocycles. The van der Waals surface area contributed by atoms with Gasteiger partial charge in [0.2, 0.25) is 0 Å². The molecule has 0 saturated carbocycles. The molecule has 2 atom stereocenters. The SMILES string of the molecule is CNC(CNC(C)c1ccccc1)C(=O)O. The molecule has 1 aromatic rings. The van der Waals surface area contributed by atoms with Crippen LogP contribution >= 0.6 is 0 Å². The Morgan fingerprint density at radius 1 is 1.38 bits per heavy atom. The first kappa shape index (κ1) is 12.7. The highest BCUT2D eigenvalue weighted by Gasteiger charge is 2.15. The largest absolute Gasteiger partial charge is 0.480 e. The van der Waals surface area contributed by atoms with Gasteiger partial charge in [-0.1, -0.05) is 30.3 Å². The third-order valence-corrected chi connectivity index (χ3v) is 2.57. The van der Waals surface area contributed by atoms with Gasteiger partial charge < -0.3 is 15.7 Å². The van der Waals surface area contributed by atoms with Crippen LogP contribution in [0.5, 0.6) is 0 Å². The molecule has 0 fully saturated rings.